The Balaban J connectivity index is 2.08. The van der Waals surface area contributed by atoms with Crippen LogP contribution in [0.2, 0.25) is 0 Å². The molecule has 1 aliphatic rings. The van der Waals surface area contributed by atoms with E-state index >= 15 is 0 Å². The Labute approximate surface area is 93.6 Å². The molecule has 0 aliphatic carbocycles. The molecule has 1 aliphatic heterocycles. The van der Waals surface area contributed by atoms with Gasteiger partial charge in [0.1, 0.15) is 5.75 Å². The first-order chi connectivity index (χ1) is 7.75. The number of ether oxygens (including phenoxy) is 1. The molecule has 0 unspecified atom stereocenters. The molecule has 2 nitrogen and oxygen atoms in total. The SMILES string of the molecule is FC(F)Oc1cccc([C@@H]2CCCCN2)c1. The lowest BCUT2D eigenvalue weighted by Crippen LogP contribution is -2.26. The maximum absolute atomic E-state index is 12.1. The first-order valence-electron chi connectivity index (χ1n) is 5.54. The summed E-state index contributed by atoms with van der Waals surface area (Å²) in [6.07, 6.45) is 3.42. The Morgan fingerprint density at radius 3 is 2.88 bits per heavy atom. The molecule has 0 aromatic heterocycles. The van der Waals surface area contributed by atoms with E-state index in [2.05, 4.69) is 10.1 Å². The summed E-state index contributed by atoms with van der Waals surface area (Å²) in [6, 6.07) is 7.22. The summed E-state index contributed by atoms with van der Waals surface area (Å²) in [5.41, 5.74) is 1.03. The predicted molar refractivity (Wildman–Crippen MR) is 57.7 cm³/mol. The molecule has 1 saturated heterocycles. The standard InChI is InChI=1S/C12H15F2NO/c13-12(14)16-10-5-3-4-9(8-10)11-6-1-2-7-15-11/h3-5,8,11-12,15H,1-2,6-7H2/t11-/m0/s1. The van der Waals surface area contributed by atoms with E-state index in [1.807, 2.05) is 6.07 Å². The lowest BCUT2D eigenvalue weighted by Gasteiger charge is -2.24. The third-order valence-corrected chi connectivity index (χ3v) is 2.80. The van der Waals surface area contributed by atoms with Crippen LogP contribution in [0.25, 0.3) is 0 Å². The summed E-state index contributed by atoms with van der Waals surface area (Å²) in [7, 11) is 0. The maximum Gasteiger partial charge on any atom is 0.387 e. The average Bonchev–Trinajstić information content (AvgIpc) is 2.30. The highest BCUT2D eigenvalue weighted by Gasteiger charge is 2.15. The van der Waals surface area contributed by atoms with Crippen molar-refractivity contribution in [3.05, 3.63) is 29.8 Å². The van der Waals surface area contributed by atoms with Crippen LogP contribution >= 0.6 is 0 Å². The minimum absolute atomic E-state index is 0.236. The molecule has 1 atom stereocenters. The number of benzene rings is 1. The number of hydrogen-bond acceptors (Lipinski definition) is 2. The Kier molecular flexibility index (Phi) is 3.72. The summed E-state index contributed by atoms with van der Waals surface area (Å²) < 4.78 is 28.5. The van der Waals surface area contributed by atoms with E-state index in [9.17, 15) is 8.78 Å². The third kappa shape index (κ3) is 2.92. The number of halogens is 2. The highest BCUT2D eigenvalue weighted by atomic mass is 19.3. The van der Waals surface area contributed by atoms with Gasteiger partial charge in [-0.2, -0.15) is 8.78 Å². The molecule has 2 rings (SSSR count). The van der Waals surface area contributed by atoms with Crippen molar-refractivity contribution in [1.29, 1.82) is 0 Å². The van der Waals surface area contributed by atoms with E-state index < -0.39 is 6.61 Å². The van der Waals surface area contributed by atoms with E-state index in [4.69, 9.17) is 0 Å². The molecule has 0 bridgehead atoms. The minimum atomic E-state index is -2.76. The first kappa shape index (κ1) is 11.3. The van der Waals surface area contributed by atoms with Crippen LogP contribution in [0.4, 0.5) is 8.78 Å². The van der Waals surface area contributed by atoms with Crippen LogP contribution in [0.15, 0.2) is 24.3 Å². The maximum atomic E-state index is 12.1. The smallest absolute Gasteiger partial charge is 0.387 e. The zero-order chi connectivity index (χ0) is 11.4. The predicted octanol–water partition coefficient (Wildman–Crippen LogP) is 3.10. The Morgan fingerprint density at radius 2 is 2.19 bits per heavy atom. The molecular formula is C12H15F2NO. The summed E-state index contributed by atoms with van der Waals surface area (Å²) in [5, 5.41) is 3.37. The van der Waals surface area contributed by atoms with E-state index in [0.29, 0.717) is 0 Å². The first-order valence-corrected chi connectivity index (χ1v) is 5.54. The second-order valence-electron chi connectivity index (χ2n) is 3.95. The lowest BCUT2D eigenvalue weighted by atomic mass is 9.97. The van der Waals surface area contributed by atoms with Crippen LogP contribution in [-0.4, -0.2) is 13.2 Å². The largest absolute Gasteiger partial charge is 0.435 e. The van der Waals surface area contributed by atoms with Gasteiger partial charge in [-0.05, 0) is 37.1 Å². The van der Waals surface area contributed by atoms with Crippen molar-refractivity contribution in [1.82, 2.24) is 5.32 Å². The van der Waals surface area contributed by atoms with Crippen molar-refractivity contribution in [2.45, 2.75) is 31.9 Å². The summed E-state index contributed by atoms with van der Waals surface area (Å²) in [5.74, 6) is 0.236. The van der Waals surface area contributed by atoms with Crippen molar-refractivity contribution in [3.8, 4) is 5.75 Å². The number of rotatable bonds is 3. The van der Waals surface area contributed by atoms with Gasteiger partial charge in [0.2, 0.25) is 0 Å². The second-order valence-corrected chi connectivity index (χ2v) is 3.95. The summed E-state index contributed by atoms with van der Waals surface area (Å²) >= 11 is 0. The van der Waals surface area contributed by atoms with Crippen LogP contribution in [0, 0.1) is 0 Å². The molecule has 88 valence electrons. The van der Waals surface area contributed by atoms with E-state index in [1.54, 1.807) is 18.2 Å². The molecule has 1 N–H and O–H groups in total. The van der Waals surface area contributed by atoms with Crippen LogP contribution in [0.3, 0.4) is 0 Å². The van der Waals surface area contributed by atoms with E-state index in [-0.39, 0.29) is 11.8 Å². The molecule has 1 aromatic carbocycles. The van der Waals surface area contributed by atoms with E-state index in [1.165, 1.54) is 12.8 Å². The average molecular weight is 227 g/mol. The second kappa shape index (κ2) is 5.25. The number of hydrogen-bond donors (Lipinski definition) is 1. The molecule has 0 radical (unpaired) electrons. The monoisotopic (exact) mass is 227 g/mol. The van der Waals surface area contributed by atoms with Gasteiger partial charge in [0, 0.05) is 6.04 Å². The van der Waals surface area contributed by atoms with Gasteiger partial charge in [-0.3, -0.25) is 0 Å². The Hall–Kier alpha value is -1.16. The number of piperidine rings is 1. The third-order valence-electron chi connectivity index (χ3n) is 2.80. The Morgan fingerprint density at radius 1 is 1.31 bits per heavy atom. The summed E-state index contributed by atoms with van der Waals surface area (Å²) in [6.45, 7) is -1.76. The minimum Gasteiger partial charge on any atom is -0.435 e. The molecule has 4 heteroatoms. The highest BCUT2D eigenvalue weighted by Crippen LogP contribution is 2.26. The fourth-order valence-corrected chi connectivity index (χ4v) is 2.04. The molecular weight excluding hydrogens is 212 g/mol. The van der Waals surface area contributed by atoms with Gasteiger partial charge in [0.15, 0.2) is 0 Å². The van der Waals surface area contributed by atoms with Crippen molar-refractivity contribution in [3.63, 3.8) is 0 Å². The topological polar surface area (TPSA) is 21.3 Å². The normalized spacial score (nSPS) is 21.1. The molecule has 1 heterocycles. The van der Waals surface area contributed by atoms with Gasteiger partial charge in [-0.15, -0.1) is 0 Å². The fourth-order valence-electron chi connectivity index (χ4n) is 2.04. The van der Waals surface area contributed by atoms with Crippen LogP contribution in [-0.2, 0) is 0 Å². The zero-order valence-electron chi connectivity index (χ0n) is 8.96. The molecule has 0 saturated carbocycles. The zero-order valence-corrected chi connectivity index (χ0v) is 8.96. The number of alkyl halides is 2. The van der Waals surface area contributed by atoms with Crippen molar-refractivity contribution in [2.24, 2.45) is 0 Å². The van der Waals surface area contributed by atoms with E-state index in [0.717, 1.165) is 18.5 Å². The van der Waals surface area contributed by atoms with Crippen LogP contribution in [0.1, 0.15) is 30.9 Å². The van der Waals surface area contributed by atoms with Gasteiger partial charge in [-0.25, -0.2) is 0 Å². The molecule has 0 amide bonds. The van der Waals surface area contributed by atoms with Crippen LogP contribution < -0.4 is 10.1 Å². The van der Waals surface area contributed by atoms with Crippen molar-refractivity contribution >= 4 is 0 Å². The highest BCUT2D eigenvalue weighted by molar-refractivity contribution is 5.30. The van der Waals surface area contributed by atoms with Gasteiger partial charge in [0.25, 0.3) is 0 Å². The van der Waals surface area contributed by atoms with Crippen LogP contribution in [0.5, 0.6) is 5.75 Å². The lowest BCUT2D eigenvalue weighted by molar-refractivity contribution is -0.0499. The molecule has 16 heavy (non-hydrogen) atoms. The van der Waals surface area contributed by atoms with Gasteiger partial charge in [-0.1, -0.05) is 18.6 Å². The number of nitrogens with one attached hydrogen (secondary N) is 1. The van der Waals surface area contributed by atoms with Crippen molar-refractivity contribution in [2.75, 3.05) is 6.54 Å². The quantitative estimate of drug-likeness (QED) is 0.856. The van der Waals surface area contributed by atoms with Gasteiger partial charge >= 0.3 is 6.61 Å². The van der Waals surface area contributed by atoms with Crippen molar-refractivity contribution < 1.29 is 13.5 Å². The van der Waals surface area contributed by atoms with Gasteiger partial charge < -0.3 is 10.1 Å². The molecule has 1 fully saturated rings. The Bertz CT molecular complexity index is 338. The molecule has 0 spiro atoms. The van der Waals surface area contributed by atoms with Gasteiger partial charge in [0.05, 0.1) is 0 Å². The summed E-state index contributed by atoms with van der Waals surface area (Å²) in [4.78, 5) is 0. The molecule has 1 aromatic rings. The fraction of sp³-hybridized carbons (Fsp3) is 0.500.